The molecule has 0 atom stereocenters. The van der Waals surface area contributed by atoms with E-state index in [1.54, 1.807) is 12.1 Å². The molecule has 0 bridgehead atoms. The third-order valence-electron chi connectivity index (χ3n) is 2.76. The molecule has 0 aliphatic rings. The van der Waals surface area contributed by atoms with E-state index in [9.17, 15) is 14.4 Å². The minimum atomic E-state index is -1.07. The highest BCUT2D eigenvalue weighted by Crippen LogP contribution is 2.23. The first kappa shape index (κ1) is 14.5. The molecule has 0 radical (unpaired) electrons. The second-order valence-corrected chi connectivity index (χ2v) is 4.29. The number of fused-ring (bicyclic) bond motifs is 1. The summed E-state index contributed by atoms with van der Waals surface area (Å²) >= 11 is 0. The molecule has 0 aliphatic carbocycles. The van der Waals surface area contributed by atoms with Crippen LogP contribution in [0.5, 0.6) is 0 Å². The van der Waals surface area contributed by atoms with E-state index < -0.39 is 12.0 Å². The van der Waals surface area contributed by atoms with Crippen molar-refractivity contribution in [2.24, 2.45) is 5.84 Å². The van der Waals surface area contributed by atoms with E-state index in [0.29, 0.717) is 16.6 Å². The van der Waals surface area contributed by atoms with Crippen molar-refractivity contribution in [3.63, 3.8) is 0 Å². The van der Waals surface area contributed by atoms with Crippen molar-refractivity contribution < 1.29 is 19.5 Å². The van der Waals surface area contributed by atoms with Gasteiger partial charge in [0.2, 0.25) is 0 Å². The first-order valence-corrected chi connectivity index (χ1v) is 5.93. The number of Topliss-reactive ketones (excluding diaryl/α,β-unsaturated/α-hetero) is 1. The first-order chi connectivity index (χ1) is 9.92. The van der Waals surface area contributed by atoms with Crippen LogP contribution in [-0.4, -0.2) is 32.7 Å². The van der Waals surface area contributed by atoms with Gasteiger partial charge in [0.1, 0.15) is 12.2 Å². The number of nitrogens with zero attached hydrogens (tertiary/aromatic N) is 2. The lowest BCUT2D eigenvalue weighted by Crippen LogP contribution is -2.34. The van der Waals surface area contributed by atoms with Crippen molar-refractivity contribution >= 4 is 34.4 Å². The van der Waals surface area contributed by atoms with Crippen LogP contribution in [0.4, 0.5) is 10.5 Å². The fraction of sp³-hybridized carbons (Fsp3) is 0.167. The minimum absolute atomic E-state index is 0.142. The lowest BCUT2D eigenvalue weighted by molar-refractivity contribution is -0.137. The Kier molecular flexibility index (Phi) is 3.85. The molecule has 0 unspecified atom stereocenters. The molecule has 0 saturated heterocycles. The molecular weight excluding hydrogens is 278 g/mol. The highest BCUT2D eigenvalue weighted by molar-refractivity contribution is 6.06. The SMILES string of the molecule is CC(=O)c1nn(CC(=O)O)c2ccc(NC(=O)NN)cc12. The monoisotopic (exact) mass is 291 g/mol. The first-order valence-electron chi connectivity index (χ1n) is 5.93. The normalized spacial score (nSPS) is 10.4. The fourth-order valence-electron chi connectivity index (χ4n) is 1.93. The van der Waals surface area contributed by atoms with Gasteiger partial charge >= 0.3 is 12.0 Å². The fourth-order valence-corrected chi connectivity index (χ4v) is 1.93. The molecule has 1 aromatic heterocycles. The highest BCUT2D eigenvalue weighted by Gasteiger charge is 2.16. The third kappa shape index (κ3) is 2.98. The summed E-state index contributed by atoms with van der Waals surface area (Å²) in [5.74, 6) is 3.60. The molecule has 9 nitrogen and oxygen atoms in total. The zero-order chi connectivity index (χ0) is 15.6. The number of nitrogens with two attached hydrogens (primary N) is 1. The molecular formula is C12H13N5O4. The maximum absolute atomic E-state index is 11.6. The van der Waals surface area contributed by atoms with E-state index in [1.807, 2.05) is 5.43 Å². The van der Waals surface area contributed by atoms with Gasteiger partial charge in [-0.2, -0.15) is 5.10 Å². The predicted molar refractivity (Wildman–Crippen MR) is 73.7 cm³/mol. The number of anilines is 1. The molecule has 21 heavy (non-hydrogen) atoms. The Balaban J connectivity index is 2.54. The Morgan fingerprint density at radius 2 is 2.10 bits per heavy atom. The van der Waals surface area contributed by atoms with Crippen LogP contribution in [0.1, 0.15) is 17.4 Å². The number of nitrogens with one attached hydrogen (secondary N) is 2. The molecule has 0 saturated carbocycles. The van der Waals surface area contributed by atoms with Crippen molar-refractivity contribution in [1.29, 1.82) is 0 Å². The number of hydrogen-bond donors (Lipinski definition) is 4. The summed E-state index contributed by atoms with van der Waals surface area (Å²) in [7, 11) is 0. The van der Waals surface area contributed by atoms with Crippen molar-refractivity contribution in [3.8, 4) is 0 Å². The average Bonchev–Trinajstić information content (AvgIpc) is 2.76. The molecule has 0 spiro atoms. The van der Waals surface area contributed by atoms with E-state index in [-0.39, 0.29) is 18.0 Å². The van der Waals surface area contributed by atoms with E-state index in [4.69, 9.17) is 10.9 Å². The smallest absolute Gasteiger partial charge is 0.333 e. The van der Waals surface area contributed by atoms with Crippen molar-refractivity contribution in [1.82, 2.24) is 15.2 Å². The van der Waals surface area contributed by atoms with Gasteiger partial charge in [0.05, 0.1) is 5.52 Å². The Hall–Kier alpha value is -2.94. The number of carbonyl (C=O) groups is 3. The quantitative estimate of drug-likeness (QED) is 0.277. The van der Waals surface area contributed by atoms with Crippen LogP contribution in [0.3, 0.4) is 0 Å². The van der Waals surface area contributed by atoms with Crippen LogP contribution in [0, 0.1) is 0 Å². The Bertz CT molecular complexity index is 737. The summed E-state index contributed by atoms with van der Waals surface area (Å²) in [5, 5.41) is 15.8. The summed E-state index contributed by atoms with van der Waals surface area (Å²) < 4.78 is 1.22. The number of carboxylic acid groups (broad SMARTS) is 1. The van der Waals surface area contributed by atoms with Crippen LogP contribution in [-0.2, 0) is 11.3 Å². The number of aliphatic carboxylic acids is 1. The number of urea groups is 1. The van der Waals surface area contributed by atoms with Crippen molar-refractivity contribution in [3.05, 3.63) is 23.9 Å². The van der Waals surface area contributed by atoms with Gasteiger partial charge in [-0.25, -0.2) is 10.6 Å². The van der Waals surface area contributed by atoms with E-state index >= 15 is 0 Å². The topological polar surface area (TPSA) is 139 Å². The molecule has 1 aromatic carbocycles. The zero-order valence-corrected chi connectivity index (χ0v) is 11.1. The number of amides is 2. The maximum Gasteiger partial charge on any atom is 0.333 e. The lowest BCUT2D eigenvalue weighted by atomic mass is 10.1. The second-order valence-electron chi connectivity index (χ2n) is 4.29. The molecule has 2 amide bonds. The predicted octanol–water partition coefficient (Wildman–Crippen LogP) is 0.319. The molecule has 5 N–H and O–H groups in total. The summed E-state index contributed by atoms with van der Waals surface area (Å²) in [6.07, 6.45) is 0. The molecule has 0 fully saturated rings. The molecule has 2 aromatic rings. The number of carbonyl (C=O) groups excluding carboxylic acids is 2. The van der Waals surface area contributed by atoms with Crippen LogP contribution < -0.4 is 16.6 Å². The zero-order valence-electron chi connectivity index (χ0n) is 11.1. The summed E-state index contributed by atoms with van der Waals surface area (Å²) in [6.45, 7) is 0.972. The number of carboxylic acids is 1. The summed E-state index contributed by atoms with van der Waals surface area (Å²) in [6, 6.07) is 4.05. The number of hydrogen-bond acceptors (Lipinski definition) is 5. The largest absolute Gasteiger partial charge is 0.480 e. The number of aromatic nitrogens is 2. The van der Waals surface area contributed by atoms with Gasteiger partial charge in [0.15, 0.2) is 5.78 Å². The van der Waals surface area contributed by atoms with Crippen molar-refractivity contribution in [2.45, 2.75) is 13.5 Å². The van der Waals surface area contributed by atoms with E-state index in [1.165, 1.54) is 17.7 Å². The standard InChI is InChI=1S/C12H13N5O4/c1-6(18)11-8-4-7(14-12(21)15-13)2-3-9(8)17(16-11)5-10(19)20/h2-4H,5,13H2,1H3,(H,19,20)(H2,14,15,21). The number of hydrazine groups is 1. The Labute approximate surface area is 118 Å². The van der Waals surface area contributed by atoms with Crippen molar-refractivity contribution in [2.75, 3.05) is 5.32 Å². The van der Waals surface area contributed by atoms with E-state index in [2.05, 4.69) is 10.4 Å². The summed E-state index contributed by atoms with van der Waals surface area (Å²) in [5.41, 5.74) is 2.95. The molecule has 0 aliphatic heterocycles. The van der Waals surface area contributed by atoms with Gasteiger partial charge in [-0.15, -0.1) is 0 Å². The van der Waals surface area contributed by atoms with E-state index in [0.717, 1.165) is 0 Å². The second kappa shape index (κ2) is 5.59. The van der Waals surface area contributed by atoms with Crippen LogP contribution in [0.15, 0.2) is 18.2 Å². The van der Waals surface area contributed by atoms with Gasteiger partial charge in [0.25, 0.3) is 0 Å². The molecule has 1 heterocycles. The average molecular weight is 291 g/mol. The Morgan fingerprint density at radius 3 is 2.67 bits per heavy atom. The van der Waals surface area contributed by atoms with Gasteiger partial charge in [-0.05, 0) is 18.2 Å². The molecule has 2 rings (SSSR count). The third-order valence-corrected chi connectivity index (χ3v) is 2.76. The molecule has 9 heteroatoms. The summed E-state index contributed by atoms with van der Waals surface area (Å²) in [4.78, 5) is 33.6. The van der Waals surface area contributed by atoms with Crippen LogP contribution >= 0.6 is 0 Å². The van der Waals surface area contributed by atoms with Gasteiger partial charge in [-0.1, -0.05) is 0 Å². The Morgan fingerprint density at radius 1 is 1.38 bits per heavy atom. The minimum Gasteiger partial charge on any atom is -0.480 e. The maximum atomic E-state index is 11.6. The lowest BCUT2D eigenvalue weighted by Gasteiger charge is -2.04. The number of ketones is 1. The van der Waals surface area contributed by atoms with Gasteiger partial charge in [0, 0.05) is 18.0 Å². The molecule has 110 valence electrons. The highest BCUT2D eigenvalue weighted by atomic mass is 16.4. The number of benzene rings is 1. The van der Waals surface area contributed by atoms with Crippen LogP contribution in [0.25, 0.3) is 10.9 Å². The number of rotatable bonds is 4. The van der Waals surface area contributed by atoms with Gasteiger partial charge < -0.3 is 10.4 Å². The van der Waals surface area contributed by atoms with Gasteiger partial charge in [-0.3, -0.25) is 19.7 Å². The van der Waals surface area contributed by atoms with Crippen LogP contribution in [0.2, 0.25) is 0 Å².